The molecule has 0 radical (unpaired) electrons. The first kappa shape index (κ1) is 14.6. The molecule has 2 heterocycles. The molecule has 2 rings (SSSR count). The molecule has 2 aromatic heterocycles. The number of halogens is 2. The maximum Gasteiger partial charge on any atom is 0.244 e. The van der Waals surface area contributed by atoms with Gasteiger partial charge in [-0.1, -0.05) is 25.9 Å². The lowest BCUT2D eigenvalue weighted by molar-refractivity contribution is 0.253. The second-order valence-corrected chi connectivity index (χ2v) is 7.05. The van der Waals surface area contributed by atoms with E-state index in [2.05, 4.69) is 47.0 Å². The molecule has 0 fully saturated rings. The summed E-state index contributed by atoms with van der Waals surface area (Å²) < 4.78 is 6.90. The van der Waals surface area contributed by atoms with Crippen molar-refractivity contribution in [1.29, 1.82) is 0 Å². The molecule has 19 heavy (non-hydrogen) atoms. The standard InChI is InChI=1S/C12H14Br2N4O/c1-12(2,3)9(15)11-17-10(18-19-11)8-7(14)4-6(13)5-16-8/h4-5,9H,15H2,1-3H3. The van der Waals surface area contributed by atoms with Gasteiger partial charge in [-0.3, -0.25) is 4.98 Å². The fraction of sp³-hybridized carbons (Fsp3) is 0.417. The number of hydrogen-bond acceptors (Lipinski definition) is 5. The van der Waals surface area contributed by atoms with E-state index < -0.39 is 0 Å². The lowest BCUT2D eigenvalue weighted by Gasteiger charge is -2.23. The van der Waals surface area contributed by atoms with Gasteiger partial charge < -0.3 is 10.3 Å². The van der Waals surface area contributed by atoms with Crippen LogP contribution in [-0.4, -0.2) is 15.1 Å². The lowest BCUT2D eigenvalue weighted by Crippen LogP contribution is -2.26. The van der Waals surface area contributed by atoms with E-state index in [1.807, 2.05) is 26.8 Å². The van der Waals surface area contributed by atoms with Crippen LogP contribution in [-0.2, 0) is 0 Å². The number of hydrogen-bond donors (Lipinski definition) is 1. The van der Waals surface area contributed by atoms with Crippen molar-refractivity contribution in [2.24, 2.45) is 11.1 Å². The fourth-order valence-electron chi connectivity index (χ4n) is 1.41. The van der Waals surface area contributed by atoms with Gasteiger partial charge in [0.05, 0.1) is 6.04 Å². The third kappa shape index (κ3) is 3.21. The van der Waals surface area contributed by atoms with Gasteiger partial charge in [-0.15, -0.1) is 0 Å². The summed E-state index contributed by atoms with van der Waals surface area (Å²) in [5.74, 6) is 0.841. The van der Waals surface area contributed by atoms with Crippen LogP contribution in [0.2, 0.25) is 0 Å². The smallest absolute Gasteiger partial charge is 0.244 e. The molecule has 0 aliphatic rings. The summed E-state index contributed by atoms with van der Waals surface area (Å²) in [6, 6.07) is 1.56. The first-order valence-electron chi connectivity index (χ1n) is 5.69. The van der Waals surface area contributed by atoms with Crippen LogP contribution in [0.5, 0.6) is 0 Å². The molecular formula is C12H14Br2N4O. The molecule has 2 aromatic rings. The first-order chi connectivity index (χ1) is 8.79. The second kappa shape index (κ2) is 5.30. The van der Waals surface area contributed by atoms with Crippen LogP contribution in [0.4, 0.5) is 0 Å². The van der Waals surface area contributed by atoms with Crippen LogP contribution in [0, 0.1) is 5.41 Å². The van der Waals surface area contributed by atoms with Crippen molar-refractivity contribution >= 4 is 31.9 Å². The molecule has 2 N–H and O–H groups in total. The molecule has 0 saturated carbocycles. The maximum absolute atomic E-state index is 6.09. The Hall–Kier alpha value is -0.790. The molecular weight excluding hydrogens is 376 g/mol. The number of rotatable bonds is 2. The van der Waals surface area contributed by atoms with Gasteiger partial charge >= 0.3 is 0 Å². The SMILES string of the molecule is CC(C)(C)C(N)c1nc(-c2ncc(Br)cc2Br)no1. The van der Waals surface area contributed by atoms with E-state index in [0.29, 0.717) is 17.4 Å². The average Bonchev–Trinajstić information content (AvgIpc) is 2.75. The molecule has 0 aliphatic heterocycles. The van der Waals surface area contributed by atoms with Gasteiger partial charge in [-0.2, -0.15) is 4.98 Å². The van der Waals surface area contributed by atoms with E-state index in [0.717, 1.165) is 8.95 Å². The van der Waals surface area contributed by atoms with Crippen LogP contribution in [0.3, 0.4) is 0 Å². The maximum atomic E-state index is 6.09. The second-order valence-electron chi connectivity index (χ2n) is 5.28. The topological polar surface area (TPSA) is 77.8 Å². The number of aromatic nitrogens is 3. The normalized spacial score (nSPS) is 13.6. The Kier molecular flexibility index (Phi) is 4.08. The molecule has 0 amide bonds. The van der Waals surface area contributed by atoms with Crippen molar-refractivity contribution in [3.8, 4) is 11.5 Å². The van der Waals surface area contributed by atoms with Crippen molar-refractivity contribution in [2.75, 3.05) is 0 Å². The van der Waals surface area contributed by atoms with Gasteiger partial charge in [0.25, 0.3) is 0 Å². The highest BCUT2D eigenvalue weighted by molar-refractivity contribution is 9.11. The van der Waals surface area contributed by atoms with E-state index in [-0.39, 0.29) is 11.5 Å². The highest BCUT2D eigenvalue weighted by Crippen LogP contribution is 2.31. The largest absolute Gasteiger partial charge is 0.337 e. The van der Waals surface area contributed by atoms with E-state index >= 15 is 0 Å². The lowest BCUT2D eigenvalue weighted by atomic mass is 9.87. The summed E-state index contributed by atoms with van der Waals surface area (Å²) in [6.45, 7) is 6.07. The minimum Gasteiger partial charge on any atom is -0.337 e. The monoisotopic (exact) mass is 388 g/mol. The number of nitrogens with two attached hydrogens (primary N) is 1. The minimum atomic E-state index is -0.317. The Morgan fingerprint density at radius 3 is 2.58 bits per heavy atom. The Balaban J connectivity index is 2.36. The molecule has 0 aliphatic carbocycles. The highest BCUT2D eigenvalue weighted by atomic mass is 79.9. The molecule has 0 aromatic carbocycles. The van der Waals surface area contributed by atoms with Crippen molar-refractivity contribution < 1.29 is 4.52 Å². The van der Waals surface area contributed by atoms with E-state index in [1.54, 1.807) is 6.20 Å². The average molecular weight is 390 g/mol. The summed E-state index contributed by atoms with van der Waals surface area (Å²) in [6.07, 6.45) is 1.68. The summed E-state index contributed by atoms with van der Waals surface area (Å²) in [7, 11) is 0. The Morgan fingerprint density at radius 1 is 1.32 bits per heavy atom. The van der Waals surface area contributed by atoms with Crippen LogP contribution in [0.15, 0.2) is 25.7 Å². The van der Waals surface area contributed by atoms with Crippen molar-refractivity contribution in [3.05, 3.63) is 27.1 Å². The number of pyridine rings is 1. The quantitative estimate of drug-likeness (QED) is 0.846. The highest BCUT2D eigenvalue weighted by Gasteiger charge is 2.28. The zero-order valence-electron chi connectivity index (χ0n) is 10.8. The minimum absolute atomic E-state index is 0.145. The van der Waals surface area contributed by atoms with Crippen LogP contribution >= 0.6 is 31.9 Å². The predicted molar refractivity (Wildman–Crippen MR) is 79.3 cm³/mol. The van der Waals surface area contributed by atoms with Crippen LogP contribution < -0.4 is 5.73 Å². The Morgan fingerprint density at radius 2 is 2.00 bits per heavy atom. The van der Waals surface area contributed by atoms with Gasteiger partial charge in [0.15, 0.2) is 0 Å². The summed E-state index contributed by atoms with van der Waals surface area (Å²) >= 11 is 6.77. The molecule has 102 valence electrons. The van der Waals surface area contributed by atoms with E-state index in [9.17, 15) is 0 Å². The third-order valence-corrected chi connectivity index (χ3v) is 3.70. The summed E-state index contributed by atoms with van der Waals surface area (Å²) in [4.78, 5) is 8.59. The fourth-order valence-corrected chi connectivity index (χ4v) is 2.57. The zero-order chi connectivity index (χ0) is 14.2. The van der Waals surface area contributed by atoms with Crippen LogP contribution in [0.25, 0.3) is 11.5 Å². The van der Waals surface area contributed by atoms with Crippen molar-refractivity contribution in [2.45, 2.75) is 26.8 Å². The van der Waals surface area contributed by atoms with Gasteiger partial charge in [-0.05, 0) is 43.3 Å². The van der Waals surface area contributed by atoms with Gasteiger partial charge in [0.1, 0.15) is 5.69 Å². The molecule has 7 heteroatoms. The Labute approximate surface area is 128 Å². The van der Waals surface area contributed by atoms with Gasteiger partial charge in [0, 0.05) is 15.1 Å². The van der Waals surface area contributed by atoms with Crippen molar-refractivity contribution in [1.82, 2.24) is 15.1 Å². The van der Waals surface area contributed by atoms with E-state index in [1.165, 1.54) is 0 Å². The summed E-state index contributed by atoms with van der Waals surface area (Å²) in [5.41, 5.74) is 6.57. The van der Waals surface area contributed by atoms with Crippen LogP contribution in [0.1, 0.15) is 32.7 Å². The zero-order valence-corrected chi connectivity index (χ0v) is 14.0. The molecule has 0 saturated heterocycles. The molecule has 5 nitrogen and oxygen atoms in total. The first-order valence-corrected chi connectivity index (χ1v) is 7.28. The molecule has 1 atom stereocenters. The van der Waals surface area contributed by atoms with E-state index in [4.69, 9.17) is 10.3 Å². The third-order valence-electron chi connectivity index (χ3n) is 2.66. The van der Waals surface area contributed by atoms with Gasteiger partial charge in [0.2, 0.25) is 11.7 Å². The summed E-state index contributed by atoms with van der Waals surface area (Å²) in [5, 5.41) is 3.94. The molecule has 0 bridgehead atoms. The van der Waals surface area contributed by atoms with Crippen molar-refractivity contribution in [3.63, 3.8) is 0 Å². The number of nitrogens with zero attached hydrogens (tertiary/aromatic N) is 3. The molecule has 1 unspecified atom stereocenters. The van der Waals surface area contributed by atoms with Gasteiger partial charge in [-0.25, -0.2) is 0 Å². The Bertz CT molecular complexity index is 592. The predicted octanol–water partition coefficient (Wildman–Crippen LogP) is 3.70. The molecule has 0 spiro atoms.